The predicted molar refractivity (Wildman–Crippen MR) is 46.2 cm³/mol. The van der Waals surface area contributed by atoms with Crippen LogP contribution in [0, 0.1) is 0 Å². The summed E-state index contributed by atoms with van der Waals surface area (Å²) in [5.41, 5.74) is 0.480. The van der Waals surface area contributed by atoms with E-state index >= 15 is 0 Å². The van der Waals surface area contributed by atoms with Crippen LogP contribution in [0.5, 0.6) is 0 Å². The van der Waals surface area contributed by atoms with Crippen molar-refractivity contribution in [1.29, 1.82) is 0 Å². The standard InChI is InChI=1S/C7H8N4O3/c12-6-5-4(10-7(13)14)3-9-11(5)2-1-8-6/h3,10H,1-2H2,(H,8,12)(H,13,14). The highest BCUT2D eigenvalue weighted by Crippen LogP contribution is 2.16. The van der Waals surface area contributed by atoms with E-state index in [0.717, 1.165) is 0 Å². The molecule has 2 amide bonds. The maximum atomic E-state index is 11.3. The molecule has 2 rings (SSSR count). The van der Waals surface area contributed by atoms with Crippen LogP contribution in [0.15, 0.2) is 6.20 Å². The number of hydrogen-bond donors (Lipinski definition) is 3. The molecular formula is C7H8N4O3. The Morgan fingerprint density at radius 2 is 2.50 bits per heavy atom. The van der Waals surface area contributed by atoms with Crippen molar-refractivity contribution < 1.29 is 14.7 Å². The van der Waals surface area contributed by atoms with Gasteiger partial charge in [0.25, 0.3) is 5.91 Å². The van der Waals surface area contributed by atoms with Gasteiger partial charge in [-0.25, -0.2) is 4.79 Å². The Morgan fingerprint density at radius 3 is 3.21 bits per heavy atom. The quantitative estimate of drug-likeness (QED) is 0.575. The number of anilines is 1. The number of carbonyl (C=O) groups excluding carboxylic acids is 1. The zero-order valence-corrected chi connectivity index (χ0v) is 7.15. The van der Waals surface area contributed by atoms with Crippen molar-refractivity contribution in [2.24, 2.45) is 0 Å². The van der Waals surface area contributed by atoms with Crippen molar-refractivity contribution >= 4 is 17.7 Å². The van der Waals surface area contributed by atoms with Crippen molar-refractivity contribution in [2.75, 3.05) is 11.9 Å². The van der Waals surface area contributed by atoms with Crippen LogP contribution >= 0.6 is 0 Å². The molecule has 1 aliphatic rings. The lowest BCUT2D eigenvalue weighted by Gasteiger charge is -2.14. The molecule has 0 fully saturated rings. The summed E-state index contributed by atoms with van der Waals surface area (Å²) in [6, 6.07) is 0. The molecule has 14 heavy (non-hydrogen) atoms. The zero-order valence-electron chi connectivity index (χ0n) is 7.15. The number of nitrogens with one attached hydrogen (secondary N) is 2. The maximum absolute atomic E-state index is 11.3. The molecule has 74 valence electrons. The highest BCUT2D eigenvalue weighted by Gasteiger charge is 2.22. The minimum absolute atomic E-state index is 0.217. The second kappa shape index (κ2) is 3.02. The highest BCUT2D eigenvalue weighted by atomic mass is 16.4. The second-order valence-corrected chi connectivity index (χ2v) is 2.82. The van der Waals surface area contributed by atoms with Crippen LogP contribution in [0.4, 0.5) is 10.5 Å². The van der Waals surface area contributed by atoms with Gasteiger partial charge in [-0.2, -0.15) is 5.10 Å². The predicted octanol–water partition coefficient (Wildman–Crippen LogP) is -0.284. The monoisotopic (exact) mass is 196 g/mol. The van der Waals surface area contributed by atoms with Gasteiger partial charge in [0.2, 0.25) is 0 Å². The number of amides is 2. The molecule has 0 spiro atoms. The largest absolute Gasteiger partial charge is 0.465 e. The zero-order chi connectivity index (χ0) is 10.1. The van der Waals surface area contributed by atoms with E-state index in [0.29, 0.717) is 13.1 Å². The Hall–Kier alpha value is -2.05. The molecule has 0 radical (unpaired) electrons. The van der Waals surface area contributed by atoms with Crippen LogP contribution in [0.25, 0.3) is 0 Å². The third-order valence-corrected chi connectivity index (χ3v) is 1.91. The van der Waals surface area contributed by atoms with Gasteiger partial charge in [0.05, 0.1) is 18.4 Å². The van der Waals surface area contributed by atoms with Gasteiger partial charge >= 0.3 is 6.09 Å². The lowest BCUT2D eigenvalue weighted by atomic mass is 10.3. The fourth-order valence-corrected chi connectivity index (χ4v) is 1.36. The number of hydrogen-bond acceptors (Lipinski definition) is 3. The van der Waals surface area contributed by atoms with Gasteiger partial charge in [0, 0.05) is 6.54 Å². The van der Waals surface area contributed by atoms with Crippen LogP contribution in [0.2, 0.25) is 0 Å². The summed E-state index contributed by atoms with van der Waals surface area (Å²) < 4.78 is 1.48. The van der Waals surface area contributed by atoms with E-state index in [2.05, 4.69) is 15.7 Å². The Kier molecular flexibility index (Phi) is 1.84. The van der Waals surface area contributed by atoms with E-state index in [1.165, 1.54) is 10.9 Å². The second-order valence-electron chi connectivity index (χ2n) is 2.82. The van der Waals surface area contributed by atoms with Gasteiger partial charge in [-0.15, -0.1) is 0 Å². The Bertz CT molecular complexity index is 398. The SMILES string of the molecule is O=C(O)Nc1cnn2c1C(=O)NCC2. The number of fused-ring (bicyclic) bond motifs is 1. The van der Waals surface area contributed by atoms with Crippen molar-refractivity contribution in [1.82, 2.24) is 15.1 Å². The van der Waals surface area contributed by atoms with Crippen molar-refractivity contribution in [3.8, 4) is 0 Å². The molecule has 3 N–H and O–H groups in total. The van der Waals surface area contributed by atoms with Crippen LogP contribution < -0.4 is 10.6 Å². The molecule has 1 aliphatic heterocycles. The molecule has 0 saturated heterocycles. The summed E-state index contributed by atoms with van der Waals surface area (Å²) in [6.45, 7) is 1.07. The van der Waals surface area contributed by atoms with E-state index in [1.807, 2.05) is 0 Å². The van der Waals surface area contributed by atoms with E-state index in [4.69, 9.17) is 5.11 Å². The summed E-state index contributed by atoms with van der Waals surface area (Å²) in [4.78, 5) is 21.7. The normalized spacial score (nSPS) is 14.4. The summed E-state index contributed by atoms with van der Waals surface area (Å²) in [5, 5.41) is 17.1. The molecule has 7 heteroatoms. The highest BCUT2D eigenvalue weighted by molar-refractivity contribution is 6.01. The van der Waals surface area contributed by atoms with E-state index in [9.17, 15) is 9.59 Å². The first-order chi connectivity index (χ1) is 6.68. The molecule has 7 nitrogen and oxygen atoms in total. The summed E-state index contributed by atoms with van der Waals surface area (Å²) in [6.07, 6.45) is 0.119. The number of aromatic nitrogens is 2. The van der Waals surface area contributed by atoms with Crippen LogP contribution in [0.1, 0.15) is 10.5 Å². The third-order valence-electron chi connectivity index (χ3n) is 1.91. The summed E-state index contributed by atoms with van der Waals surface area (Å²) >= 11 is 0. The van der Waals surface area contributed by atoms with Gasteiger partial charge in [-0.3, -0.25) is 14.8 Å². The van der Waals surface area contributed by atoms with Crippen LogP contribution in [0.3, 0.4) is 0 Å². The van der Waals surface area contributed by atoms with Gasteiger partial charge in [0.15, 0.2) is 0 Å². The van der Waals surface area contributed by atoms with E-state index in [1.54, 1.807) is 0 Å². The van der Waals surface area contributed by atoms with Gasteiger partial charge in [-0.05, 0) is 0 Å². The Balaban J connectivity index is 2.38. The minimum atomic E-state index is -1.21. The molecule has 0 bridgehead atoms. The van der Waals surface area contributed by atoms with Gasteiger partial charge < -0.3 is 10.4 Å². The average Bonchev–Trinajstić information content (AvgIpc) is 2.49. The van der Waals surface area contributed by atoms with E-state index in [-0.39, 0.29) is 17.3 Å². The lowest BCUT2D eigenvalue weighted by molar-refractivity contribution is 0.0925. The summed E-state index contributed by atoms with van der Waals surface area (Å²) in [5.74, 6) is -0.308. The van der Waals surface area contributed by atoms with Gasteiger partial charge in [0.1, 0.15) is 5.69 Å². The van der Waals surface area contributed by atoms with Crippen LogP contribution in [-0.2, 0) is 6.54 Å². The molecule has 0 saturated carbocycles. The molecular weight excluding hydrogens is 188 g/mol. The number of carbonyl (C=O) groups is 2. The molecule has 2 heterocycles. The number of carboxylic acid groups (broad SMARTS) is 1. The smallest absolute Gasteiger partial charge is 0.409 e. The maximum Gasteiger partial charge on any atom is 0.409 e. The average molecular weight is 196 g/mol. The van der Waals surface area contributed by atoms with E-state index < -0.39 is 6.09 Å². The first-order valence-corrected chi connectivity index (χ1v) is 4.02. The molecule has 0 atom stereocenters. The number of rotatable bonds is 1. The Labute approximate surface area is 78.7 Å². The molecule has 0 unspecified atom stereocenters. The fraction of sp³-hybridized carbons (Fsp3) is 0.286. The molecule has 1 aromatic heterocycles. The Morgan fingerprint density at radius 1 is 1.71 bits per heavy atom. The molecule has 0 aliphatic carbocycles. The molecule has 1 aromatic rings. The first kappa shape index (κ1) is 8.54. The van der Waals surface area contributed by atoms with Gasteiger partial charge in [-0.1, -0.05) is 0 Å². The topological polar surface area (TPSA) is 96.2 Å². The molecule has 0 aromatic carbocycles. The van der Waals surface area contributed by atoms with Crippen molar-refractivity contribution in [2.45, 2.75) is 6.54 Å². The first-order valence-electron chi connectivity index (χ1n) is 4.02. The third kappa shape index (κ3) is 1.28. The minimum Gasteiger partial charge on any atom is -0.465 e. The van der Waals surface area contributed by atoms with Crippen molar-refractivity contribution in [3.63, 3.8) is 0 Å². The fourth-order valence-electron chi connectivity index (χ4n) is 1.36. The summed E-state index contributed by atoms with van der Waals surface area (Å²) in [7, 11) is 0. The van der Waals surface area contributed by atoms with Crippen molar-refractivity contribution in [3.05, 3.63) is 11.9 Å². The van der Waals surface area contributed by atoms with Crippen LogP contribution in [-0.4, -0.2) is 33.4 Å². The lowest BCUT2D eigenvalue weighted by Crippen LogP contribution is -2.36. The number of nitrogens with zero attached hydrogens (tertiary/aromatic N) is 2.